The van der Waals surface area contributed by atoms with Crippen LogP contribution in [0.2, 0.25) is 0 Å². The van der Waals surface area contributed by atoms with Gasteiger partial charge in [-0.15, -0.1) is 0 Å². The number of hydrogen-bond donors (Lipinski definition) is 0. The maximum atomic E-state index is 11.5. The van der Waals surface area contributed by atoms with E-state index in [1.54, 1.807) is 0 Å². The monoisotopic (exact) mass is 233 g/mol. The number of carbonyl (C=O) groups excluding carboxylic acids is 2. The summed E-state index contributed by atoms with van der Waals surface area (Å²) in [6, 6.07) is 5.49. The van der Waals surface area contributed by atoms with Gasteiger partial charge in [-0.3, -0.25) is 19.7 Å². The molecule has 1 aromatic carbocycles. The molecule has 5 heteroatoms. The molecule has 17 heavy (non-hydrogen) atoms. The van der Waals surface area contributed by atoms with Crippen molar-refractivity contribution in [2.75, 3.05) is 0 Å². The van der Waals surface area contributed by atoms with Crippen molar-refractivity contribution in [2.24, 2.45) is 0 Å². The van der Waals surface area contributed by atoms with Gasteiger partial charge in [0.1, 0.15) is 11.7 Å². The largest absolute Gasteiger partial charge is 0.299 e. The highest BCUT2D eigenvalue weighted by Crippen LogP contribution is 2.23. The van der Waals surface area contributed by atoms with Crippen LogP contribution in [-0.4, -0.2) is 16.5 Å². The number of nitrogens with zero attached hydrogens (tertiary/aromatic N) is 1. The minimum Gasteiger partial charge on any atom is -0.299 e. The van der Waals surface area contributed by atoms with Gasteiger partial charge in [0.25, 0.3) is 5.69 Å². The molecule has 0 fully saturated rings. The maximum absolute atomic E-state index is 11.5. The van der Waals surface area contributed by atoms with Crippen molar-refractivity contribution in [3.8, 4) is 0 Å². The molecule has 0 aromatic heterocycles. The van der Waals surface area contributed by atoms with Gasteiger partial charge in [-0.25, -0.2) is 0 Å². The normalized spacial score (nSPS) is 11.6. The van der Waals surface area contributed by atoms with Crippen molar-refractivity contribution >= 4 is 17.3 Å². The molecule has 0 aliphatic rings. The molecule has 0 N–H and O–H groups in total. The van der Waals surface area contributed by atoms with E-state index in [4.69, 9.17) is 0 Å². The summed E-state index contributed by atoms with van der Waals surface area (Å²) >= 11 is 0. The number of hydrogen-bond acceptors (Lipinski definition) is 4. The van der Waals surface area contributed by atoms with Crippen LogP contribution in [0.5, 0.6) is 0 Å². The van der Waals surface area contributed by atoms with Gasteiger partial charge in [-0.1, -0.05) is 18.7 Å². The maximum Gasteiger partial charge on any atom is 0.269 e. The highest BCUT2D eigenvalue weighted by atomic mass is 16.6. The third-order valence-electron chi connectivity index (χ3n) is 2.31. The van der Waals surface area contributed by atoms with Gasteiger partial charge in [-0.2, -0.15) is 0 Å². The van der Waals surface area contributed by atoms with Gasteiger partial charge >= 0.3 is 0 Å². The Morgan fingerprint density at radius 3 is 2.59 bits per heavy atom. The fourth-order valence-corrected chi connectivity index (χ4v) is 1.54. The Bertz CT molecular complexity index is 493. The molecule has 0 heterocycles. The fourth-order valence-electron chi connectivity index (χ4n) is 1.54. The van der Waals surface area contributed by atoms with Gasteiger partial charge in [0.15, 0.2) is 5.78 Å². The first-order chi connectivity index (χ1) is 7.97. The standard InChI is InChI=1S/C12H11NO4/c1-3-11(15)12(8(2)14)9-5-4-6-10(7-9)13(16)17/h3-7,12H,1H2,2H3. The van der Waals surface area contributed by atoms with Crippen LogP contribution >= 0.6 is 0 Å². The van der Waals surface area contributed by atoms with E-state index < -0.39 is 16.6 Å². The Kier molecular flexibility index (Phi) is 3.87. The minimum absolute atomic E-state index is 0.148. The van der Waals surface area contributed by atoms with Gasteiger partial charge in [0.2, 0.25) is 0 Å². The zero-order valence-corrected chi connectivity index (χ0v) is 9.25. The number of ketones is 2. The Morgan fingerprint density at radius 2 is 2.12 bits per heavy atom. The molecule has 1 aromatic rings. The average Bonchev–Trinajstić information content (AvgIpc) is 2.28. The molecule has 1 atom stereocenters. The lowest BCUT2D eigenvalue weighted by atomic mass is 9.91. The molecule has 88 valence electrons. The quantitative estimate of drug-likeness (QED) is 0.337. The number of carbonyl (C=O) groups is 2. The summed E-state index contributed by atoms with van der Waals surface area (Å²) in [6.07, 6.45) is 1.05. The summed E-state index contributed by atoms with van der Waals surface area (Å²) < 4.78 is 0. The zero-order chi connectivity index (χ0) is 13.0. The highest BCUT2D eigenvalue weighted by molar-refractivity contribution is 6.11. The van der Waals surface area contributed by atoms with Crippen molar-refractivity contribution in [3.05, 3.63) is 52.6 Å². The number of Topliss-reactive ketones (excluding diaryl/α,β-unsaturated/α-hetero) is 1. The van der Waals surface area contributed by atoms with Gasteiger partial charge in [0, 0.05) is 12.1 Å². The van der Waals surface area contributed by atoms with E-state index in [2.05, 4.69) is 6.58 Å². The topological polar surface area (TPSA) is 77.3 Å². The van der Waals surface area contributed by atoms with Gasteiger partial charge in [-0.05, 0) is 18.6 Å². The van der Waals surface area contributed by atoms with Crippen LogP contribution in [0.15, 0.2) is 36.9 Å². The van der Waals surface area contributed by atoms with Crippen molar-refractivity contribution in [1.29, 1.82) is 0 Å². The average molecular weight is 233 g/mol. The van der Waals surface area contributed by atoms with E-state index in [1.807, 2.05) is 0 Å². The molecule has 1 rings (SSSR count). The number of nitro benzene ring substituents is 1. The summed E-state index contributed by atoms with van der Waals surface area (Å²) in [5.74, 6) is -1.83. The van der Waals surface area contributed by atoms with Crippen molar-refractivity contribution in [1.82, 2.24) is 0 Å². The van der Waals surface area contributed by atoms with Crippen LogP contribution in [-0.2, 0) is 9.59 Å². The predicted octanol–water partition coefficient (Wildman–Crippen LogP) is 2.02. The third-order valence-corrected chi connectivity index (χ3v) is 2.31. The van der Waals surface area contributed by atoms with E-state index >= 15 is 0 Å². The number of nitro groups is 1. The predicted molar refractivity (Wildman–Crippen MR) is 61.7 cm³/mol. The van der Waals surface area contributed by atoms with Crippen molar-refractivity contribution in [3.63, 3.8) is 0 Å². The highest BCUT2D eigenvalue weighted by Gasteiger charge is 2.24. The second-order valence-corrected chi connectivity index (χ2v) is 3.50. The van der Waals surface area contributed by atoms with Gasteiger partial charge in [0.05, 0.1) is 4.92 Å². The lowest BCUT2D eigenvalue weighted by Crippen LogP contribution is -2.17. The SMILES string of the molecule is C=CC(=O)C(C(C)=O)c1cccc([N+](=O)[O-])c1. The summed E-state index contributed by atoms with van der Waals surface area (Å²) in [7, 11) is 0. The fraction of sp³-hybridized carbons (Fsp3) is 0.167. The van der Waals surface area contributed by atoms with Crippen LogP contribution in [0.3, 0.4) is 0 Å². The Morgan fingerprint density at radius 1 is 1.47 bits per heavy atom. The molecule has 0 saturated heterocycles. The Hall–Kier alpha value is -2.30. The first-order valence-electron chi connectivity index (χ1n) is 4.88. The minimum atomic E-state index is -1.01. The molecule has 5 nitrogen and oxygen atoms in total. The molecule has 0 radical (unpaired) electrons. The van der Waals surface area contributed by atoms with Crippen LogP contribution in [0.1, 0.15) is 18.4 Å². The lowest BCUT2D eigenvalue weighted by molar-refractivity contribution is -0.384. The summed E-state index contributed by atoms with van der Waals surface area (Å²) in [5, 5.41) is 10.6. The second kappa shape index (κ2) is 5.16. The third kappa shape index (κ3) is 2.84. The number of allylic oxidation sites excluding steroid dienone is 1. The Balaban J connectivity index is 3.24. The van der Waals surface area contributed by atoms with E-state index in [0.717, 1.165) is 6.08 Å². The number of non-ortho nitro benzene ring substituents is 1. The lowest BCUT2D eigenvalue weighted by Gasteiger charge is -2.10. The zero-order valence-electron chi connectivity index (χ0n) is 9.25. The number of benzene rings is 1. The molecular weight excluding hydrogens is 222 g/mol. The molecule has 0 bridgehead atoms. The molecule has 0 amide bonds. The number of rotatable bonds is 5. The van der Waals surface area contributed by atoms with Crippen molar-refractivity contribution in [2.45, 2.75) is 12.8 Å². The van der Waals surface area contributed by atoms with Crippen LogP contribution in [0.4, 0.5) is 5.69 Å². The van der Waals surface area contributed by atoms with Crippen LogP contribution in [0.25, 0.3) is 0 Å². The summed E-state index contributed by atoms with van der Waals surface area (Å²) in [5.41, 5.74) is 0.169. The van der Waals surface area contributed by atoms with E-state index in [1.165, 1.54) is 31.2 Å². The first kappa shape index (κ1) is 12.8. The first-order valence-corrected chi connectivity index (χ1v) is 4.88. The van der Waals surface area contributed by atoms with Crippen LogP contribution < -0.4 is 0 Å². The van der Waals surface area contributed by atoms with Crippen LogP contribution in [0, 0.1) is 10.1 Å². The molecule has 0 aliphatic heterocycles. The smallest absolute Gasteiger partial charge is 0.269 e. The second-order valence-electron chi connectivity index (χ2n) is 3.50. The Labute approximate surface area is 97.9 Å². The molecule has 1 unspecified atom stereocenters. The van der Waals surface area contributed by atoms with Gasteiger partial charge < -0.3 is 0 Å². The molecular formula is C12H11NO4. The molecule has 0 saturated carbocycles. The van der Waals surface area contributed by atoms with E-state index in [-0.39, 0.29) is 11.5 Å². The van der Waals surface area contributed by atoms with E-state index in [0.29, 0.717) is 5.56 Å². The van der Waals surface area contributed by atoms with Crippen molar-refractivity contribution < 1.29 is 14.5 Å². The molecule has 0 spiro atoms. The molecule has 0 aliphatic carbocycles. The summed E-state index contributed by atoms with van der Waals surface area (Å²) in [4.78, 5) is 32.9. The van der Waals surface area contributed by atoms with E-state index in [9.17, 15) is 19.7 Å². The summed E-state index contributed by atoms with van der Waals surface area (Å²) in [6.45, 7) is 4.58.